The molecule has 28 heavy (non-hydrogen) atoms. The van der Waals surface area contributed by atoms with E-state index in [1.54, 1.807) is 13.8 Å². The molecule has 6 heteroatoms. The number of hydrogen-bond donors (Lipinski definition) is 1. The number of benzene rings is 1. The van der Waals surface area contributed by atoms with Gasteiger partial charge in [-0.15, -0.1) is 0 Å². The molecule has 0 saturated heterocycles. The summed E-state index contributed by atoms with van der Waals surface area (Å²) >= 11 is 0. The lowest BCUT2D eigenvalue weighted by atomic mass is 10.2. The van der Waals surface area contributed by atoms with Crippen molar-refractivity contribution >= 4 is 18.0 Å². The van der Waals surface area contributed by atoms with E-state index < -0.39 is 11.9 Å². The van der Waals surface area contributed by atoms with Crippen LogP contribution in [0.3, 0.4) is 0 Å². The van der Waals surface area contributed by atoms with Crippen LogP contribution in [0.25, 0.3) is 6.08 Å². The van der Waals surface area contributed by atoms with Crippen LogP contribution in [0.15, 0.2) is 61.2 Å². The molecule has 0 aliphatic carbocycles. The predicted octanol–water partition coefficient (Wildman–Crippen LogP) is 3.09. The molecule has 156 valence electrons. The third kappa shape index (κ3) is 18.1. The molecule has 0 aliphatic rings. The largest absolute Gasteiger partial charge is 0.459 e. The molecule has 1 aromatic carbocycles. The lowest BCUT2D eigenvalue weighted by Gasteiger charge is -2.05. The fraction of sp³-hybridized carbons (Fsp3) is 0.364. The van der Waals surface area contributed by atoms with Gasteiger partial charge in [-0.3, -0.25) is 0 Å². The molecule has 0 saturated carbocycles. The summed E-state index contributed by atoms with van der Waals surface area (Å²) in [6.45, 7) is 14.6. The normalized spacial score (nSPS) is 9.07. The minimum atomic E-state index is -0.489. The average molecular weight is 392 g/mol. The first-order chi connectivity index (χ1) is 13.1. The molecule has 0 atom stereocenters. The molecule has 0 amide bonds. The molecule has 1 rings (SSSR count). The van der Waals surface area contributed by atoms with Crippen molar-refractivity contribution in [1.29, 1.82) is 0 Å². The van der Waals surface area contributed by atoms with Gasteiger partial charge in [0.05, 0.1) is 6.61 Å². The SMILES string of the molecule is C=C(C)C(=O)OCCOC(=O)C(=C)C.C=Cc1ccccc1.CN(C)CCO. The van der Waals surface area contributed by atoms with E-state index >= 15 is 0 Å². The summed E-state index contributed by atoms with van der Waals surface area (Å²) in [4.78, 5) is 23.6. The van der Waals surface area contributed by atoms with Crippen LogP contribution in [-0.2, 0) is 19.1 Å². The van der Waals surface area contributed by atoms with Gasteiger partial charge in [0.2, 0.25) is 0 Å². The fourth-order valence-electron chi connectivity index (χ4n) is 1.30. The molecule has 0 bridgehead atoms. The maximum Gasteiger partial charge on any atom is 0.333 e. The minimum absolute atomic E-state index is 0.0325. The topological polar surface area (TPSA) is 76.1 Å². The van der Waals surface area contributed by atoms with E-state index in [1.165, 1.54) is 5.56 Å². The standard InChI is InChI=1S/C10H14O4.C8H8.C4H11NO/c1-7(2)9(11)13-5-6-14-10(12)8(3)4;1-2-8-6-4-3-5-7-8;1-5(2)3-4-6/h1,3,5-6H2,2,4H3;2-7H,1H2;6H,3-4H2,1-2H3. The first-order valence-corrected chi connectivity index (χ1v) is 8.74. The number of likely N-dealkylation sites (N-methyl/N-ethyl adjacent to an activating group) is 1. The summed E-state index contributed by atoms with van der Waals surface area (Å²) in [6, 6.07) is 10.0. The Kier molecular flexibility index (Phi) is 17.4. The summed E-state index contributed by atoms with van der Waals surface area (Å²) < 4.78 is 9.38. The Labute approximate surface area is 168 Å². The van der Waals surface area contributed by atoms with Crippen molar-refractivity contribution < 1.29 is 24.2 Å². The van der Waals surface area contributed by atoms with E-state index in [0.717, 1.165) is 6.54 Å². The first-order valence-electron chi connectivity index (χ1n) is 8.74. The molecule has 0 radical (unpaired) electrons. The van der Waals surface area contributed by atoms with Gasteiger partial charge >= 0.3 is 11.9 Å². The number of carbonyl (C=O) groups excluding carboxylic acids is 2. The van der Waals surface area contributed by atoms with Gasteiger partial charge in [0.15, 0.2) is 0 Å². The van der Waals surface area contributed by atoms with Crippen LogP contribution in [-0.4, -0.2) is 62.4 Å². The maximum absolute atomic E-state index is 10.8. The number of aliphatic hydroxyl groups excluding tert-OH is 1. The van der Waals surface area contributed by atoms with Crippen LogP contribution in [0.5, 0.6) is 0 Å². The highest BCUT2D eigenvalue weighted by Gasteiger charge is 2.05. The van der Waals surface area contributed by atoms with Crippen LogP contribution in [0.1, 0.15) is 19.4 Å². The van der Waals surface area contributed by atoms with Crippen molar-refractivity contribution in [2.24, 2.45) is 0 Å². The second-order valence-corrected chi connectivity index (χ2v) is 5.97. The first kappa shape index (κ1) is 27.5. The third-order valence-electron chi connectivity index (χ3n) is 2.83. The smallest absolute Gasteiger partial charge is 0.333 e. The van der Waals surface area contributed by atoms with Gasteiger partial charge in [-0.1, -0.05) is 56.1 Å². The molecular formula is C22H33NO5. The van der Waals surface area contributed by atoms with Crippen LogP contribution in [0.2, 0.25) is 0 Å². The van der Waals surface area contributed by atoms with Gasteiger partial charge in [-0.25, -0.2) is 9.59 Å². The van der Waals surface area contributed by atoms with E-state index in [1.807, 2.05) is 55.4 Å². The Morgan fingerprint density at radius 2 is 1.43 bits per heavy atom. The molecule has 0 spiro atoms. The molecule has 0 heterocycles. The lowest BCUT2D eigenvalue weighted by molar-refractivity contribution is -0.147. The summed E-state index contributed by atoms with van der Waals surface area (Å²) in [6.07, 6.45) is 1.83. The van der Waals surface area contributed by atoms with Crippen molar-refractivity contribution in [3.63, 3.8) is 0 Å². The molecule has 0 fully saturated rings. The third-order valence-corrected chi connectivity index (χ3v) is 2.83. The van der Waals surface area contributed by atoms with E-state index in [0.29, 0.717) is 11.1 Å². The van der Waals surface area contributed by atoms with Gasteiger partial charge in [0.25, 0.3) is 0 Å². The van der Waals surface area contributed by atoms with E-state index in [-0.39, 0.29) is 19.8 Å². The second-order valence-electron chi connectivity index (χ2n) is 5.97. The Morgan fingerprint density at radius 1 is 1.00 bits per heavy atom. The number of rotatable bonds is 8. The zero-order valence-corrected chi connectivity index (χ0v) is 17.4. The van der Waals surface area contributed by atoms with Gasteiger partial charge in [0.1, 0.15) is 13.2 Å². The number of aliphatic hydroxyl groups is 1. The van der Waals surface area contributed by atoms with Crippen molar-refractivity contribution in [3.05, 3.63) is 66.8 Å². The number of carbonyl (C=O) groups is 2. The average Bonchev–Trinajstić information content (AvgIpc) is 2.66. The van der Waals surface area contributed by atoms with Crippen molar-refractivity contribution in [1.82, 2.24) is 4.90 Å². The molecule has 1 N–H and O–H groups in total. The Hall–Kier alpha value is -2.70. The molecule has 0 aliphatic heterocycles. The summed E-state index contributed by atoms with van der Waals surface area (Å²) in [7, 11) is 3.85. The lowest BCUT2D eigenvalue weighted by Crippen LogP contribution is -2.15. The van der Waals surface area contributed by atoms with Gasteiger partial charge < -0.3 is 19.5 Å². The van der Waals surface area contributed by atoms with Gasteiger partial charge in [-0.05, 0) is 33.5 Å². The van der Waals surface area contributed by atoms with Crippen molar-refractivity contribution in [2.45, 2.75) is 13.8 Å². The number of esters is 2. The van der Waals surface area contributed by atoms with Crippen molar-refractivity contribution in [2.75, 3.05) is 40.5 Å². The summed E-state index contributed by atoms with van der Waals surface area (Å²) in [5, 5.41) is 8.20. The zero-order valence-electron chi connectivity index (χ0n) is 17.4. The highest BCUT2D eigenvalue weighted by atomic mass is 16.6. The minimum Gasteiger partial charge on any atom is -0.459 e. The van der Waals surface area contributed by atoms with Crippen LogP contribution in [0, 0.1) is 0 Å². The predicted molar refractivity (Wildman–Crippen MR) is 114 cm³/mol. The zero-order chi connectivity index (χ0) is 21.9. The Bertz CT molecular complexity index is 581. The molecule has 6 nitrogen and oxygen atoms in total. The summed E-state index contributed by atoms with van der Waals surface area (Å²) in [5.74, 6) is -0.979. The van der Waals surface area contributed by atoms with Gasteiger partial charge in [0, 0.05) is 17.7 Å². The number of ether oxygens (including phenoxy) is 2. The molecule has 1 aromatic rings. The van der Waals surface area contributed by atoms with E-state index in [4.69, 9.17) is 5.11 Å². The van der Waals surface area contributed by atoms with Crippen LogP contribution in [0.4, 0.5) is 0 Å². The highest BCUT2D eigenvalue weighted by molar-refractivity contribution is 5.87. The van der Waals surface area contributed by atoms with Gasteiger partial charge in [-0.2, -0.15) is 0 Å². The maximum atomic E-state index is 10.8. The van der Waals surface area contributed by atoms with E-state index in [9.17, 15) is 9.59 Å². The summed E-state index contributed by atoms with van der Waals surface area (Å²) in [5.41, 5.74) is 1.81. The Balaban J connectivity index is 0. The highest BCUT2D eigenvalue weighted by Crippen LogP contribution is 1.97. The monoisotopic (exact) mass is 391 g/mol. The fourth-order valence-corrected chi connectivity index (χ4v) is 1.30. The number of hydrogen-bond acceptors (Lipinski definition) is 6. The number of nitrogens with zero attached hydrogens (tertiary/aromatic N) is 1. The molecule has 0 aromatic heterocycles. The Morgan fingerprint density at radius 3 is 1.64 bits per heavy atom. The van der Waals surface area contributed by atoms with E-state index in [2.05, 4.69) is 29.2 Å². The van der Waals surface area contributed by atoms with Crippen molar-refractivity contribution in [3.8, 4) is 0 Å². The van der Waals surface area contributed by atoms with Crippen LogP contribution >= 0.6 is 0 Å². The quantitative estimate of drug-likeness (QED) is 0.417. The second kappa shape index (κ2) is 17.7. The molecular weight excluding hydrogens is 358 g/mol. The van der Waals surface area contributed by atoms with Crippen LogP contribution < -0.4 is 0 Å². The molecule has 0 unspecified atom stereocenters.